The summed E-state index contributed by atoms with van der Waals surface area (Å²) in [5, 5.41) is 0.693. The molecular weight excluding hydrogens is 310 g/mol. The summed E-state index contributed by atoms with van der Waals surface area (Å²) in [5.74, 6) is 0.711. The molecule has 0 aliphatic heterocycles. The molecule has 1 heterocycles. The normalized spacial score (nSPS) is 11.2. The van der Waals surface area contributed by atoms with Gasteiger partial charge in [0.1, 0.15) is 11.6 Å². The summed E-state index contributed by atoms with van der Waals surface area (Å²) in [7, 11) is 0. The van der Waals surface area contributed by atoms with Crippen LogP contribution in [0, 0.1) is 12.7 Å². The second-order valence-electron chi connectivity index (χ2n) is 4.93. The lowest BCUT2D eigenvalue weighted by atomic mass is 10.2. The molecule has 0 aliphatic carbocycles. The number of hydrogen-bond acceptors (Lipinski definition) is 1. The molecule has 0 N–H and O–H groups in total. The first-order chi connectivity index (χ1) is 10.1. The first kappa shape index (κ1) is 14.4. The minimum absolute atomic E-state index is 0.258. The Morgan fingerprint density at radius 1 is 1.24 bits per heavy atom. The monoisotopic (exact) mass is 322 g/mol. The largest absolute Gasteiger partial charge is 0.322 e. The van der Waals surface area contributed by atoms with E-state index in [0.29, 0.717) is 28.5 Å². The van der Waals surface area contributed by atoms with Gasteiger partial charge in [0.2, 0.25) is 0 Å². The maximum atomic E-state index is 13.7. The van der Waals surface area contributed by atoms with E-state index >= 15 is 0 Å². The average Bonchev–Trinajstić information content (AvgIpc) is 2.79. The number of hydrogen-bond donors (Lipinski definition) is 0. The van der Waals surface area contributed by atoms with Crippen LogP contribution in [0.25, 0.3) is 11.0 Å². The zero-order valence-corrected chi connectivity index (χ0v) is 12.9. The number of aromatic nitrogens is 2. The maximum Gasteiger partial charge on any atom is 0.128 e. The van der Waals surface area contributed by atoms with Crippen molar-refractivity contribution in [2.45, 2.75) is 19.3 Å². The van der Waals surface area contributed by atoms with Crippen LogP contribution in [-0.4, -0.2) is 9.55 Å². The number of imidazole rings is 1. The highest BCUT2D eigenvalue weighted by atomic mass is 35.5. The van der Waals surface area contributed by atoms with Crippen molar-refractivity contribution in [3.8, 4) is 0 Å². The number of halogens is 3. The Balaban J connectivity index is 2.16. The van der Waals surface area contributed by atoms with Gasteiger partial charge in [0.15, 0.2) is 0 Å². The lowest BCUT2D eigenvalue weighted by Crippen LogP contribution is -2.04. The fraction of sp³-hybridized carbons (Fsp3) is 0.188. The number of nitrogens with zero attached hydrogens (tertiary/aromatic N) is 2. The van der Waals surface area contributed by atoms with Gasteiger partial charge in [0.05, 0.1) is 23.5 Å². The van der Waals surface area contributed by atoms with E-state index in [2.05, 4.69) is 4.98 Å². The third-order valence-corrected chi connectivity index (χ3v) is 4.12. The molecule has 0 aliphatic rings. The van der Waals surface area contributed by atoms with Crippen LogP contribution in [0.2, 0.25) is 5.02 Å². The molecule has 3 aromatic rings. The Morgan fingerprint density at radius 3 is 2.71 bits per heavy atom. The average molecular weight is 323 g/mol. The number of fused-ring (bicyclic) bond motifs is 1. The minimum atomic E-state index is -0.258. The molecule has 21 heavy (non-hydrogen) atoms. The minimum Gasteiger partial charge on any atom is -0.322 e. The second-order valence-corrected chi connectivity index (χ2v) is 5.60. The highest BCUT2D eigenvalue weighted by molar-refractivity contribution is 6.31. The Hall–Kier alpha value is -1.58. The molecule has 0 saturated carbocycles. The zero-order chi connectivity index (χ0) is 15.0. The zero-order valence-electron chi connectivity index (χ0n) is 11.4. The van der Waals surface area contributed by atoms with Crippen molar-refractivity contribution in [2.75, 3.05) is 0 Å². The number of alkyl halides is 1. The smallest absolute Gasteiger partial charge is 0.128 e. The molecule has 0 atom stereocenters. The van der Waals surface area contributed by atoms with Crippen molar-refractivity contribution in [3.63, 3.8) is 0 Å². The van der Waals surface area contributed by atoms with Gasteiger partial charge < -0.3 is 4.57 Å². The van der Waals surface area contributed by atoms with Gasteiger partial charge in [-0.05, 0) is 30.2 Å². The van der Waals surface area contributed by atoms with Crippen LogP contribution in [0.5, 0.6) is 0 Å². The van der Waals surface area contributed by atoms with Gasteiger partial charge in [-0.2, -0.15) is 0 Å². The fourth-order valence-corrected chi connectivity index (χ4v) is 2.77. The molecule has 2 nitrogen and oxygen atoms in total. The molecule has 108 valence electrons. The van der Waals surface area contributed by atoms with Gasteiger partial charge in [-0.1, -0.05) is 29.8 Å². The predicted molar refractivity (Wildman–Crippen MR) is 84.5 cm³/mol. The molecule has 0 radical (unpaired) electrons. The van der Waals surface area contributed by atoms with E-state index in [4.69, 9.17) is 23.2 Å². The fourth-order valence-electron chi connectivity index (χ4n) is 2.38. The van der Waals surface area contributed by atoms with E-state index in [1.807, 2.05) is 28.8 Å². The van der Waals surface area contributed by atoms with Crippen LogP contribution in [0.15, 0.2) is 36.4 Å². The van der Waals surface area contributed by atoms with Crippen LogP contribution in [-0.2, 0) is 12.4 Å². The van der Waals surface area contributed by atoms with E-state index in [0.717, 1.165) is 11.1 Å². The molecule has 0 saturated heterocycles. The standard InChI is InChI=1S/C16H13Cl2FN2/c1-10-6-15-14(7-13(10)19)20-16(8-17)21(15)9-11-4-2-3-5-12(11)18/h2-7H,8-9H2,1H3. The molecule has 3 rings (SSSR count). The molecule has 0 bridgehead atoms. The van der Waals surface area contributed by atoms with Crippen LogP contribution < -0.4 is 0 Å². The molecule has 0 spiro atoms. The summed E-state index contributed by atoms with van der Waals surface area (Å²) < 4.78 is 15.7. The molecule has 0 fully saturated rings. The van der Waals surface area contributed by atoms with E-state index in [1.165, 1.54) is 6.07 Å². The first-order valence-electron chi connectivity index (χ1n) is 6.55. The SMILES string of the molecule is Cc1cc2c(cc1F)nc(CCl)n2Cc1ccccc1Cl. The molecule has 0 unspecified atom stereocenters. The van der Waals surface area contributed by atoms with E-state index < -0.39 is 0 Å². The Kier molecular flexibility index (Phi) is 3.87. The quantitative estimate of drug-likeness (QED) is 0.625. The van der Waals surface area contributed by atoms with Crippen molar-refractivity contribution < 1.29 is 4.39 Å². The molecule has 2 aromatic carbocycles. The van der Waals surface area contributed by atoms with Crippen molar-refractivity contribution in [1.82, 2.24) is 9.55 Å². The highest BCUT2D eigenvalue weighted by Gasteiger charge is 2.13. The van der Waals surface area contributed by atoms with Crippen LogP contribution >= 0.6 is 23.2 Å². The lowest BCUT2D eigenvalue weighted by molar-refractivity contribution is 0.620. The van der Waals surface area contributed by atoms with Gasteiger partial charge in [0.25, 0.3) is 0 Å². The van der Waals surface area contributed by atoms with E-state index in [1.54, 1.807) is 13.0 Å². The second kappa shape index (κ2) is 5.66. The Bertz CT molecular complexity index is 811. The van der Waals surface area contributed by atoms with Gasteiger partial charge in [0, 0.05) is 11.1 Å². The summed E-state index contributed by atoms with van der Waals surface area (Å²) in [6, 6.07) is 10.9. The predicted octanol–water partition coefficient (Wildman–Crippen LogP) is 4.92. The summed E-state index contributed by atoms with van der Waals surface area (Å²) in [4.78, 5) is 4.41. The summed E-state index contributed by atoms with van der Waals surface area (Å²) in [5.41, 5.74) is 3.04. The third-order valence-electron chi connectivity index (χ3n) is 3.51. The van der Waals surface area contributed by atoms with E-state index in [-0.39, 0.29) is 11.7 Å². The summed E-state index contributed by atoms with van der Waals surface area (Å²) in [6.45, 7) is 2.30. The van der Waals surface area contributed by atoms with Crippen molar-refractivity contribution in [2.24, 2.45) is 0 Å². The van der Waals surface area contributed by atoms with Crippen molar-refractivity contribution in [3.05, 3.63) is 64.2 Å². The Morgan fingerprint density at radius 2 is 2.00 bits per heavy atom. The summed E-state index contributed by atoms with van der Waals surface area (Å²) >= 11 is 12.2. The summed E-state index contributed by atoms with van der Waals surface area (Å²) in [6.07, 6.45) is 0. The topological polar surface area (TPSA) is 17.8 Å². The number of benzene rings is 2. The van der Waals surface area contributed by atoms with Gasteiger partial charge in [-0.15, -0.1) is 11.6 Å². The molecule has 1 aromatic heterocycles. The third kappa shape index (κ3) is 2.63. The molecular formula is C16H13Cl2FN2. The Labute approximate surface area is 132 Å². The number of rotatable bonds is 3. The highest BCUT2D eigenvalue weighted by Crippen LogP contribution is 2.24. The number of aryl methyl sites for hydroxylation is 1. The van der Waals surface area contributed by atoms with E-state index in [9.17, 15) is 4.39 Å². The van der Waals surface area contributed by atoms with Crippen LogP contribution in [0.4, 0.5) is 4.39 Å². The maximum absolute atomic E-state index is 13.7. The van der Waals surface area contributed by atoms with Crippen molar-refractivity contribution >= 4 is 34.2 Å². The van der Waals surface area contributed by atoms with Crippen LogP contribution in [0.1, 0.15) is 17.0 Å². The van der Waals surface area contributed by atoms with Gasteiger partial charge in [-0.25, -0.2) is 9.37 Å². The van der Waals surface area contributed by atoms with Gasteiger partial charge >= 0.3 is 0 Å². The molecule has 5 heteroatoms. The lowest BCUT2D eigenvalue weighted by Gasteiger charge is -2.10. The molecule has 0 amide bonds. The first-order valence-corrected chi connectivity index (χ1v) is 7.46. The van der Waals surface area contributed by atoms with Crippen LogP contribution in [0.3, 0.4) is 0 Å². The van der Waals surface area contributed by atoms with Gasteiger partial charge in [-0.3, -0.25) is 0 Å². The van der Waals surface area contributed by atoms with Crippen molar-refractivity contribution in [1.29, 1.82) is 0 Å².